The fourth-order valence-corrected chi connectivity index (χ4v) is 3.17. The summed E-state index contributed by atoms with van der Waals surface area (Å²) in [5.41, 5.74) is 0. The first-order chi connectivity index (χ1) is 9.33. The van der Waals surface area contributed by atoms with E-state index in [1.54, 1.807) is 0 Å². The number of carbonyl (C=O) groups excluding carboxylic acids is 1. The van der Waals surface area contributed by atoms with Gasteiger partial charge in [0.05, 0.1) is 18.7 Å². The normalized spacial score (nSPS) is 33.1. The van der Waals surface area contributed by atoms with Gasteiger partial charge in [-0.25, -0.2) is 0 Å². The maximum absolute atomic E-state index is 12.1. The molecule has 2 unspecified atom stereocenters. The van der Waals surface area contributed by atoms with Crippen molar-refractivity contribution in [1.82, 2.24) is 15.5 Å². The zero-order valence-corrected chi connectivity index (χ0v) is 11.6. The minimum Gasteiger partial charge on any atom is -0.376 e. The second-order valence-corrected chi connectivity index (χ2v) is 6.02. The summed E-state index contributed by atoms with van der Waals surface area (Å²) in [4.78, 5) is 14.4. The Morgan fingerprint density at radius 2 is 2.16 bits per heavy atom. The molecule has 2 heterocycles. The van der Waals surface area contributed by atoms with Crippen LogP contribution in [-0.4, -0.2) is 62.3 Å². The summed E-state index contributed by atoms with van der Waals surface area (Å²) in [6.07, 6.45) is 4.94. The molecule has 2 saturated heterocycles. The van der Waals surface area contributed by atoms with Gasteiger partial charge < -0.3 is 15.4 Å². The third-order valence-corrected chi connectivity index (χ3v) is 4.37. The van der Waals surface area contributed by atoms with E-state index in [-0.39, 0.29) is 18.1 Å². The molecule has 0 aromatic rings. The van der Waals surface area contributed by atoms with E-state index in [0.29, 0.717) is 12.5 Å². The lowest BCUT2D eigenvalue weighted by atomic mass is 10.1. The SMILES string of the molecule is O=C(CN1CCCNCC1)NC1CCOC1C1CC1. The molecule has 5 nitrogen and oxygen atoms in total. The minimum atomic E-state index is 0.169. The average Bonchev–Trinajstić information content (AvgIpc) is 3.17. The van der Waals surface area contributed by atoms with E-state index in [1.807, 2.05) is 0 Å². The van der Waals surface area contributed by atoms with Crippen LogP contribution in [0.15, 0.2) is 0 Å². The van der Waals surface area contributed by atoms with Crippen LogP contribution in [-0.2, 0) is 9.53 Å². The van der Waals surface area contributed by atoms with Crippen LogP contribution >= 0.6 is 0 Å². The van der Waals surface area contributed by atoms with Crippen molar-refractivity contribution < 1.29 is 9.53 Å². The van der Waals surface area contributed by atoms with Crippen LogP contribution in [0, 0.1) is 5.92 Å². The monoisotopic (exact) mass is 267 g/mol. The lowest BCUT2D eigenvalue weighted by Gasteiger charge is -2.23. The highest BCUT2D eigenvalue weighted by Crippen LogP contribution is 2.38. The molecule has 2 aliphatic heterocycles. The van der Waals surface area contributed by atoms with Crippen LogP contribution in [0.1, 0.15) is 25.7 Å². The number of ether oxygens (including phenoxy) is 1. The second kappa shape index (κ2) is 6.20. The van der Waals surface area contributed by atoms with Crippen LogP contribution < -0.4 is 10.6 Å². The maximum Gasteiger partial charge on any atom is 0.234 e. The average molecular weight is 267 g/mol. The number of carbonyl (C=O) groups is 1. The lowest BCUT2D eigenvalue weighted by Crippen LogP contribution is -2.46. The van der Waals surface area contributed by atoms with Crippen molar-refractivity contribution in [2.75, 3.05) is 39.3 Å². The van der Waals surface area contributed by atoms with E-state index in [2.05, 4.69) is 15.5 Å². The van der Waals surface area contributed by atoms with Crippen LogP contribution in [0.5, 0.6) is 0 Å². The highest BCUT2D eigenvalue weighted by molar-refractivity contribution is 5.78. The molecule has 2 N–H and O–H groups in total. The first-order valence-electron chi connectivity index (χ1n) is 7.67. The van der Waals surface area contributed by atoms with Crippen LogP contribution in [0.25, 0.3) is 0 Å². The van der Waals surface area contributed by atoms with Crippen molar-refractivity contribution >= 4 is 5.91 Å². The van der Waals surface area contributed by atoms with E-state index >= 15 is 0 Å². The van der Waals surface area contributed by atoms with E-state index in [9.17, 15) is 4.79 Å². The zero-order valence-electron chi connectivity index (χ0n) is 11.6. The van der Waals surface area contributed by atoms with Crippen molar-refractivity contribution in [1.29, 1.82) is 0 Å². The van der Waals surface area contributed by atoms with E-state index in [1.165, 1.54) is 12.8 Å². The molecule has 0 bridgehead atoms. The Labute approximate surface area is 115 Å². The van der Waals surface area contributed by atoms with Gasteiger partial charge in [0.2, 0.25) is 5.91 Å². The summed E-state index contributed by atoms with van der Waals surface area (Å²) in [5.74, 6) is 0.873. The summed E-state index contributed by atoms with van der Waals surface area (Å²) < 4.78 is 5.76. The number of nitrogens with zero attached hydrogens (tertiary/aromatic N) is 1. The van der Waals surface area contributed by atoms with Gasteiger partial charge in [-0.3, -0.25) is 9.69 Å². The predicted molar refractivity (Wildman–Crippen MR) is 72.9 cm³/mol. The zero-order chi connectivity index (χ0) is 13.1. The lowest BCUT2D eigenvalue weighted by molar-refractivity contribution is -0.123. The summed E-state index contributed by atoms with van der Waals surface area (Å²) >= 11 is 0. The highest BCUT2D eigenvalue weighted by atomic mass is 16.5. The predicted octanol–water partition coefficient (Wildman–Crippen LogP) is -0.0346. The first kappa shape index (κ1) is 13.3. The fourth-order valence-electron chi connectivity index (χ4n) is 3.17. The topological polar surface area (TPSA) is 53.6 Å². The largest absolute Gasteiger partial charge is 0.376 e. The summed E-state index contributed by atoms with van der Waals surface area (Å²) in [6, 6.07) is 0.255. The number of hydrogen-bond donors (Lipinski definition) is 2. The number of hydrogen-bond acceptors (Lipinski definition) is 4. The maximum atomic E-state index is 12.1. The van der Waals surface area contributed by atoms with E-state index < -0.39 is 0 Å². The summed E-state index contributed by atoms with van der Waals surface area (Å²) in [7, 11) is 0. The van der Waals surface area contributed by atoms with Gasteiger partial charge in [0.1, 0.15) is 0 Å². The standard InChI is InChI=1S/C14H25N3O2/c18-13(10-17-7-1-5-15-6-8-17)16-12-4-9-19-14(12)11-2-3-11/h11-12,14-15H,1-10H2,(H,16,18). The Kier molecular flexibility index (Phi) is 4.35. The molecule has 3 aliphatic rings. The smallest absolute Gasteiger partial charge is 0.234 e. The molecule has 1 aliphatic carbocycles. The van der Waals surface area contributed by atoms with Crippen LogP contribution in [0.3, 0.4) is 0 Å². The fraction of sp³-hybridized carbons (Fsp3) is 0.929. The molecule has 0 radical (unpaired) electrons. The molecule has 3 rings (SSSR count). The molecule has 0 aromatic heterocycles. The molecule has 0 spiro atoms. The third kappa shape index (κ3) is 3.68. The van der Waals surface area contributed by atoms with Gasteiger partial charge in [-0.1, -0.05) is 0 Å². The van der Waals surface area contributed by atoms with Crippen molar-refractivity contribution in [3.05, 3.63) is 0 Å². The van der Waals surface area contributed by atoms with Crippen molar-refractivity contribution in [2.45, 2.75) is 37.8 Å². The van der Waals surface area contributed by atoms with Gasteiger partial charge in [-0.05, 0) is 44.7 Å². The number of amides is 1. The third-order valence-electron chi connectivity index (χ3n) is 4.37. The molecule has 108 valence electrons. The summed E-state index contributed by atoms with van der Waals surface area (Å²) in [5, 5.41) is 6.55. The first-order valence-corrected chi connectivity index (χ1v) is 7.67. The van der Waals surface area contributed by atoms with Crippen molar-refractivity contribution in [2.24, 2.45) is 5.92 Å². The number of nitrogens with one attached hydrogen (secondary N) is 2. The van der Waals surface area contributed by atoms with Gasteiger partial charge in [0.15, 0.2) is 0 Å². The Morgan fingerprint density at radius 3 is 3.00 bits per heavy atom. The van der Waals surface area contributed by atoms with Crippen LogP contribution in [0.2, 0.25) is 0 Å². The molecular weight excluding hydrogens is 242 g/mol. The van der Waals surface area contributed by atoms with Gasteiger partial charge in [-0.2, -0.15) is 0 Å². The van der Waals surface area contributed by atoms with Gasteiger partial charge in [0.25, 0.3) is 0 Å². The quantitative estimate of drug-likeness (QED) is 0.751. The molecule has 3 fully saturated rings. The van der Waals surface area contributed by atoms with Crippen LogP contribution in [0.4, 0.5) is 0 Å². The molecular formula is C14H25N3O2. The Hall–Kier alpha value is -0.650. The van der Waals surface area contributed by atoms with E-state index in [4.69, 9.17) is 4.74 Å². The number of rotatable bonds is 4. The van der Waals surface area contributed by atoms with Crippen molar-refractivity contribution in [3.8, 4) is 0 Å². The molecule has 1 amide bonds. The van der Waals surface area contributed by atoms with Crippen molar-refractivity contribution in [3.63, 3.8) is 0 Å². The van der Waals surface area contributed by atoms with Gasteiger partial charge in [0, 0.05) is 19.7 Å². The Balaban J connectivity index is 1.44. The highest BCUT2D eigenvalue weighted by Gasteiger charge is 2.41. The molecule has 1 saturated carbocycles. The Morgan fingerprint density at radius 1 is 1.26 bits per heavy atom. The summed E-state index contributed by atoms with van der Waals surface area (Å²) in [6.45, 7) is 5.40. The molecule has 0 aromatic carbocycles. The molecule has 19 heavy (non-hydrogen) atoms. The molecule has 2 atom stereocenters. The Bertz CT molecular complexity index is 312. The second-order valence-electron chi connectivity index (χ2n) is 6.02. The van der Waals surface area contributed by atoms with Gasteiger partial charge >= 0.3 is 0 Å². The van der Waals surface area contributed by atoms with E-state index in [0.717, 1.165) is 45.6 Å². The minimum absolute atomic E-state index is 0.169. The molecule has 5 heteroatoms. The van der Waals surface area contributed by atoms with Gasteiger partial charge in [-0.15, -0.1) is 0 Å².